The zero-order valence-electron chi connectivity index (χ0n) is 11.1. The second kappa shape index (κ2) is 4.84. The lowest BCUT2D eigenvalue weighted by Gasteiger charge is -2.42. The molecule has 2 saturated heterocycles. The first-order valence-corrected chi connectivity index (χ1v) is 6.44. The molecule has 0 saturated carbocycles. The van der Waals surface area contributed by atoms with Crippen LogP contribution in [0.1, 0.15) is 33.1 Å². The summed E-state index contributed by atoms with van der Waals surface area (Å²) in [5, 5.41) is 10.4. The zero-order chi connectivity index (χ0) is 12.5. The van der Waals surface area contributed by atoms with E-state index in [1.165, 1.54) is 0 Å². The average Bonchev–Trinajstić information content (AvgIpc) is 2.76. The Morgan fingerprint density at radius 1 is 1.41 bits per heavy atom. The molecule has 1 spiro atoms. The molecule has 3 atom stereocenters. The van der Waals surface area contributed by atoms with Crippen molar-refractivity contribution in [2.45, 2.75) is 50.4 Å². The predicted octanol–water partition coefficient (Wildman–Crippen LogP) is 1.36. The summed E-state index contributed by atoms with van der Waals surface area (Å²) in [5.74, 6) is 0.236. The van der Waals surface area contributed by atoms with Gasteiger partial charge in [-0.2, -0.15) is 0 Å². The molecular weight excluding hydrogens is 220 g/mol. The van der Waals surface area contributed by atoms with Gasteiger partial charge in [0.2, 0.25) is 0 Å². The van der Waals surface area contributed by atoms with Crippen LogP contribution in [0.25, 0.3) is 0 Å². The van der Waals surface area contributed by atoms with Crippen molar-refractivity contribution in [3.63, 3.8) is 0 Å². The van der Waals surface area contributed by atoms with Gasteiger partial charge in [-0.1, -0.05) is 0 Å². The summed E-state index contributed by atoms with van der Waals surface area (Å²) in [6, 6.07) is 0. The van der Waals surface area contributed by atoms with E-state index in [0.717, 1.165) is 25.9 Å². The summed E-state index contributed by atoms with van der Waals surface area (Å²) < 4.78 is 16.7. The first kappa shape index (κ1) is 13.3. The molecule has 0 amide bonds. The molecule has 4 nitrogen and oxygen atoms in total. The lowest BCUT2D eigenvalue weighted by molar-refractivity contribution is -0.156. The van der Waals surface area contributed by atoms with E-state index in [0.29, 0.717) is 13.2 Å². The van der Waals surface area contributed by atoms with Crippen molar-refractivity contribution in [2.24, 2.45) is 5.92 Å². The molecule has 2 aliphatic rings. The summed E-state index contributed by atoms with van der Waals surface area (Å²) in [6.07, 6.45) is 2.27. The van der Waals surface area contributed by atoms with E-state index in [-0.39, 0.29) is 11.5 Å². The van der Waals surface area contributed by atoms with E-state index in [1.807, 2.05) is 13.8 Å². The Morgan fingerprint density at radius 3 is 2.76 bits per heavy atom. The first-order chi connectivity index (χ1) is 7.99. The lowest BCUT2D eigenvalue weighted by atomic mass is 9.78. The minimum Gasteiger partial charge on any atom is -0.390 e. The fourth-order valence-electron chi connectivity index (χ4n) is 2.89. The fraction of sp³-hybridized carbons (Fsp3) is 1.00. The van der Waals surface area contributed by atoms with Gasteiger partial charge in [0.05, 0.1) is 23.9 Å². The largest absolute Gasteiger partial charge is 0.390 e. The summed E-state index contributed by atoms with van der Waals surface area (Å²) in [4.78, 5) is 0. The van der Waals surface area contributed by atoms with Crippen molar-refractivity contribution in [3.05, 3.63) is 0 Å². The molecule has 2 rings (SSSR count). The van der Waals surface area contributed by atoms with Crippen LogP contribution in [0.15, 0.2) is 0 Å². The van der Waals surface area contributed by atoms with E-state index < -0.39 is 11.7 Å². The molecule has 100 valence electrons. The van der Waals surface area contributed by atoms with E-state index >= 15 is 0 Å². The molecule has 2 fully saturated rings. The minimum atomic E-state index is -0.497. The number of hydrogen-bond acceptors (Lipinski definition) is 4. The van der Waals surface area contributed by atoms with Gasteiger partial charge in [-0.3, -0.25) is 0 Å². The van der Waals surface area contributed by atoms with E-state index in [1.54, 1.807) is 7.11 Å². The average molecular weight is 244 g/mol. The molecule has 17 heavy (non-hydrogen) atoms. The van der Waals surface area contributed by atoms with Crippen molar-refractivity contribution in [3.8, 4) is 0 Å². The number of rotatable bonds is 3. The maximum Gasteiger partial charge on any atom is 0.0940 e. The molecule has 3 unspecified atom stereocenters. The van der Waals surface area contributed by atoms with E-state index in [2.05, 4.69) is 0 Å². The Labute approximate surface area is 103 Å². The number of hydrogen-bond donors (Lipinski definition) is 1. The van der Waals surface area contributed by atoms with E-state index in [9.17, 15) is 5.11 Å². The molecule has 2 heterocycles. The summed E-state index contributed by atoms with van der Waals surface area (Å²) >= 11 is 0. The molecule has 0 aromatic carbocycles. The van der Waals surface area contributed by atoms with Gasteiger partial charge in [0.1, 0.15) is 0 Å². The van der Waals surface area contributed by atoms with Crippen LogP contribution in [0.3, 0.4) is 0 Å². The van der Waals surface area contributed by atoms with Crippen LogP contribution >= 0.6 is 0 Å². The van der Waals surface area contributed by atoms with Gasteiger partial charge < -0.3 is 19.3 Å². The minimum absolute atomic E-state index is 0.145. The van der Waals surface area contributed by atoms with Crippen LogP contribution < -0.4 is 0 Å². The highest BCUT2D eigenvalue weighted by Gasteiger charge is 2.45. The maximum absolute atomic E-state index is 10.4. The third-order valence-corrected chi connectivity index (χ3v) is 4.28. The maximum atomic E-state index is 10.4. The van der Waals surface area contributed by atoms with Crippen LogP contribution in [0, 0.1) is 5.92 Å². The highest BCUT2D eigenvalue weighted by molar-refractivity contribution is 4.95. The molecule has 1 N–H and O–H groups in total. The normalized spacial score (nSPS) is 36.4. The van der Waals surface area contributed by atoms with Gasteiger partial charge in [0.25, 0.3) is 0 Å². The van der Waals surface area contributed by atoms with Gasteiger partial charge in [-0.05, 0) is 32.6 Å². The first-order valence-electron chi connectivity index (χ1n) is 6.44. The molecule has 2 aliphatic heterocycles. The lowest BCUT2D eigenvalue weighted by Crippen LogP contribution is -2.50. The van der Waals surface area contributed by atoms with Crippen LogP contribution in [-0.4, -0.2) is 49.3 Å². The van der Waals surface area contributed by atoms with Crippen molar-refractivity contribution >= 4 is 0 Å². The molecule has 0 bridgehead atoms. The standard InChI is InChI=1S/C13H24O4/c1-12(2,15-3)11(14)10-4-6-17-13(8-10)5-7-16-9-13/h10-11,14H,4-9H2,1-3H3. The topological polar surface area (TPSA) is 47.9 Å². The third-order valence-electron chi connectivity index (χ3n) is 4.28. The Morgan fingerprint density at radius 2 is 2.18 bits per heavy atom. The van der Waals surface area contributed by atoms with Crippen molar-refractivity contribution in [2.75, 3.05) is 26.9 Å². The summed E-state index contributed by atoms with van der Waals surface area (Å²) in [6.45, 7) is 6.03. The molecular formula is C13H24O4. The zero-order valence-corrected chi connectivity index (χ0v) is 11.1. The second-order valence-corrected chi connectivity index (χ2v) is 5.84. The second-order valence-electron chi connectivity index (χ2n) is 5.84. The highest BCUT2D eigenvalue weighted by atomic mass is 16.6. The van der Waals surface area contributed by atoms with E-state index in [4.69, 9.17) is 14.2 Å². The Kier molecular flexibility index (Phi) is 3.78. The number of aliphatic hydroxyl groups is 1. The fourth-order valence-corrected chi connectivity index (χ4v) is 2.89. The number of aliphatic hydroxyl groups excluding tert-OH is 1. The number of ether oxygens (including phenoxy) is 3. The van der Waals surface area contributed by atoms with Gasteiger partial charge >= 0.3 is 0 Å². The Balaban J connectivity index is 2.02. The monoisotopic (exact) mass is 244 g/mol. The molecule has 0 aromatic rings. The van der Waals surface area contributed by atoms with Gasteiger partial charge in [0, 0.05) is 26.7 Å². The van der Waals surface area contributed by atoms with Gasteiger partial charge in [-0.25, -0.2) is 0 Å². The molecule has 0 radical (unpaired) electrons. The third kappa shape index (κ3) is 2.65. The van der Waals surface area contributed by atoms with Crippen molar-refractivity contribution in [1.82, 2.24) is 0 Å². The summed E-state index contributed by atoms with van der Waals surface area (Å²) in [7, 11) is 1.65. The van der Waals surface area contributed by atoms with Gasteiger partial charge in [-0.15, -0.1) is 0 Å². The Bertz CT molecular complexity index is 258. The SMILES string of the molecule is COC(C)(C)C(O)C1CCOC2(CCOC2)C1. The molecule has 0 aromatic heterocycles. The Hall–Kier alpha value is -0.160. The van der Waals surface area contributed by atoms with Crippen LogP contribution in [0.4, 0.5) is 0 Å². The smallest absolute Gasteiger partial charge is 0.0940 e. The number of methoxy groups -OCH3 is 1. The van der Waals surface area contributed by atoms with Gasteiger partial charge in [0.15, 0.2) is 0 Å². The molecule has 0 aliphatic carbocycles. The van der Waals surface area contributed by atoms with Crippen LogP contribution in [-0.2, 0) is 14.2 Å². The molecule has 4 heteroatoms. The van der Waals surface area contributed by atoms with Crippen LogP contribution in [0.5, 0.6) is 0 Å². The predicted molar refractivity (Wildman–Crippen MR) is 63.9 cm³/mol. The van der Waals surface area contributed by atoms with Crippen LogP contribution in [0.2, 0.25) is 0 Å². The quantitative estimate of drug-likeness (QED) is 0.814. The van der Waals surface area contributed by atoms with Crippen molar-refractivity contribution in [1.29, 1.82) is 0 Å². The van der Waals surface area contributed by atoms with Crippen molar-refractivity contribution < 1.29 is 19.3 Å². The highest BCUT2D eigenvalue weighted by Crippen LogP contribution is 2.39. The summed E-state index contributed by atoms with van der Waals surface area (Å²) in [5.41, 5.74) is -0.642.